The molecule has 0 aromatic carbocycles. The molecule has 1 radical (unpaired) electrons. The highest BCUT2D eigenvalue weighted by molar-refractivity contribution is 4.78. The van der Waals surface area contributed by atoms with Crippen LogP contribution in [0, 0.1) is 11.3 Å². The van der Waals surface area contributed by atoms with Gasteiger partial charge in [-0.3, -0.25) is 0 Å². The molecule has 1 rings (SSSR count). The topological polar surface area (TPSA) is 14.1 Å². The number of piperidine rings is 1. The van der Waals surface area contributed by atoms with Crippen molar-refractivity contribution in [1.82, 2.24) is 5.32 Å². The van der Waals surface area contributed by atoms with Crippen molar-refractivity contribution < 1.29 is 0 Å². The van der Waals surface area contributed by atoms with Gasteiger partial charge in [-0.05, 0) is 24.2 Å². The van der Waals surface area contributed by atoms with Gasteiger partial charge >= 0.3 is 0 Å². The highest BCUT2D eigenvalue weighted by Crippen LogP contribution is 2.32. The van der Waals surface area contributed by atoms with E-state index in [-0.39, 0.29) is 0 Å². The van der Waals surface area contributed by atoms with Crippen molar-refractivity contribution in [2.45, 2.75) is 33.6 Å². The SMILES string of the molecule is CC(C)(C)C1CC[N]CC1. The first-order valence-corrected chi connectivity index (χ1v) is 4.24. The summed E-state index contributed by atoms with van der Waals surface area (Å²) in [7, 11) is 0. The molecule has 1 saturated heterocycles. The summed E-state index contributed by atoms with van der Waals surface area (Å²) in [6.45, 7) is 9.21. The van der Waals surface area contributed by atoms with Gasteiger partial charge in [-0.15, -0.1) is 0 Å². The monoisotopic (exact) mass is 140 g/mol. The number of hydrogen-bond donors (Lipinski definition) is 0. The van der Waals surface area contributed by atoms with Gasteiger partial charge in [0.15, 0.2) is 0 Å². The van der Waals surface area contributed by atoms with Crippen LogP contribution in [0.4, 0.5) is 0 Å². The molecule has 10 heavy (non-hydrogen) atoms. The smallest absolute Gasteiger partial charge is 0.0136 e. The Morgan fingerprint density at radius 1 is 1.10 bits per heavy atom. The van der Waals surface area contributed by atoms with E-state index >= 15 is 0 Å². The molecule has 1 heterocycles. The molecule has 0 aromatic rings. The lowest BCUT2D eigenvalue weighted by molar-refractivity contribution is 0.187. The predicted octanol–water partition coefficient (Wildman–Crippen LogP) is 2.05. The van der Waals surface area contributed by atoms with Crippen LogP contribution < -0.4 is 5.32 Å². The molecule has 0 aliphatic carbocycles. The van der Waals surface area contributed by atoms with Crippen molar-refractivity contribution in [2.75, 3.05) is 13.1 Å². The third-order valence-electron chi connectivity index (χ3n) is 2.50. The van der Waals surface area contributed by atoms with E-state index in [0.29, 0.717) is 5.41 Å². The van der Waals surface area contributed by atoms with Crippen LogP contribution in [0.2, 0.25) is 0 Å². The average Bonchev–Trinajstić information content (AvgIpc) is 1.88. The van der Waals surface area contributed by atoms with E-state index in [0.717, 1.165) is 19.0 Å². The average molecular weight is 140 g/mol. The molecule has 0 atom stereocenters. The van der Waals surface area contributed by atoms with E-state index < -0.39 is 0 Å². The fourth-order valence-electron chi connectivity index (χ4n) is 1.62. The molecule has 0 saturated carbocycles. The first-order valence-electron chi connectivity index (χ1n) is 4.24. The van der Waals surface area contributed by atoms with Crippen molar-refractivity contribution in [1.29, 1.82) is 0 Å². The third kappa shape index (κ3) is 1.98. The summed E-state index contributed by atoms with van der Waals surface area (Å²) < 4.78 is 0. The zero-order valence-corrected chi connectivity index (χ0v) is 7.35. The summed E-state index contributed by atoms with van der Waals surface area (Å²) in [6.07, 6.45) is 2.62. The molecule has 0 bridgehead atoms. The lowest BCUT2D eigenvalue weighted by atomic mass is 9.76. The quantitative estimate of drug-likeness (QED) is 0.489. The molecule has 1 fully saturated rings. The van der Waals surface area contributed by atoms with Crippen molar-refractivity contribution >= 4 is 0 Å². The summed E-state index contributed by atoms with van der Waals surface area (Å²) >= 11 is 0. The standard InChI is InChI=1S/C9H18N/c1-9(2,3)8-4-6-10-7-5-8/h8H,4-7H2,1-3H3. The van der Waals surface area contributed by atoms with E-state index in [1.807, 2.05) is 0 Å². The van der Waals surface area contributed by atoms with E-state index in [2.05, 4.69) is 26.1 Å². The van der Waals surface area contributed by atoms with Gasteiger partial charge in [-0.1, -0.05) is 20.8 Å². The van der Waals surface area contributed by atoms with Gasteiger partial charge in [-0.25, -0.2) is 5.32 Å². The zero-order valence-electron chi connectivity index (χ0n) is 7.35. The summed E-state index contributed by atoms with van der Waals surface area (Å²) in [5.41, 5.74) is 0.510. The highest BCUT2D eigenvalue weighted by Gasteiger charge is 2.25. The Kier molecular flexibility index (Phi) is 2.35. The second kappa shape index (κ2) is 2.91. The fourth-order valence-corrected chi connectivity index (χ4v) is 1.62. The number of nitrogens with zero attached hydrogens (tertiary/aromatic N) is 1. The summed E-state index contributed by atoms with van der Waals surface area (Å²) in [5.74, 6) is 0.907. The second-order valence-corrected chi connectivity index (χ2v) is 4.31. The summed E-state index contributed by atoms with van der Waals surface area (Å²) in [6, 6.07) is 0. The van der Waals surface area contributed by atoms with Crippen LogP contribution in [0.25, 0.3) is 0 Å². The highest BCUT2D eigenvalue weighted by atomic mass is 14.9. The minimum atomic E-state index is 0.510. The van der Waals surface area contributed by atoms with Crippen molar-refractivity contribution in [3.63, 3.8) is 0 Å². The lowest BCUT2D eigenvalue weighted by Crippen LogP contribution is -2.30. The van der Waals surface area contributed by atoms with Crippen LogP contribution >= 0.6 is 0 Å². The van der Waals surface area contributed by atoms with Crippen molar-refractivity contribution in [3.8, 4) is 0 Å². The van der Waals surface area contributed by atoms with Gasteiger partial charge in [-0.2, -0.15) is 0 Å². The van der Waals surface area contributed by atoms with Crippen molar-refractivity contribution in [3.05, 3.63) is 0 Å². The molecule has 1 aliphatic heterocycles. The zero-order chi connectivity index (χ0) is 7.61. The second-order valence-electron chi connectivity index (χ2n) is 4.31. The minimum Gasteiger partial charge on any atom is -0.242 e. The third-order valence-corrected chi connectivity index (χ3v) is 2.50. The first kappa shape index (κ1) is 8.06. The van der Waals surface area contributed by atoms with Crippen LogP contribution in [-0.4, -0.2) is 13.1 Å². The molecule has 59 valence electrons. The lowest BCUT2D eigenvalue weighted by Gasteiger charge is -2.33. The van der Waals surface area contributed by atoms with E-state index in [9.17, 15) is 0 Å². The molecule has 1 nitrogen and oxygen atoms in total. The maximum absolute atomic E-state index is 4.34. The van der Waals surface area contributed by atoms with Crippen LogP contribution in [0.1, 0.15) is 33.6 Å². The Bertz CT molecular complexity index is 95.8. The predicted molar refractivity (Wildman–Crippen MR) is 44.0 cm³/mol. The van der Waals surface area contributed by atoms with Crippen LogP contribution in [0.15, 0.2) is 0 Å². The maximum Gasteiger partial charge on any atom is 0.0136 e. The van der Waals surface area contributed by atoms with Gasteiger partial charge < -0.3 is 0 Å². The van der Waals surface area contributed by atoms with E-state index in [4.69, 9.17) is 0 Å². The van der Waals surface area contributed by atoms with Gasteiger partial charge in [0.1, 0.15) is 0 Å². The Balaban J connectivity index is 2.39. The Morgan fingerprint density at radius 3 is 1.90 bits per heavy atom. The van der Waals surface area contributed by atoms with Gasteiger partial charge in [0.25, 0.3) is 0 Å². The largest absolute Gasteiger partial charge is 0.242 e. The Labute approximate surface area is 64.2 Å². The molecule has 0 amide bonds. The minimum absolute atomic E-state index is 0.510. The van der Waals surface area contributed by atoms with Crippen LogP contribution in [-0.2, 0) is 0 Å². The first-order chi connectivity index (χ1) is 4.61. The molecular formula is C9H18N. The van der Waals surface area contributed by atoms with Gasteiger partial charge in [0, 0.05) is 13.1 Å². The van der Waals surface area contributed by atoms with Crippen LogP contribution in [0.3, 0.4) is 0 Å². The van der Waals surface area contributed by atoms with E-state index in [1.54, 1.807) is 0 Å². The maximum atomic E-state index is 4.34. The number of hydrogen-bond acceptors (Lipinski definition) is 0. The number of rotatable bonds is 0. The molecule has 0 aromatic heterocycles. The van der Waals surface area contributed by atoms with Crippen LogP contribution in [0.5, 0.6) is 0 Å². The molecule has 0 N–H and O–H groups in total. The normalized spacial score (nSPS) is 23.1. The molecule has 1 heteroatoms. The molecule has 0 unspecified atom stereocenters. The molecule has 0 spiro atoms. The van der Waals surface area contributed by atoms with Crippen molar-refractivity contribution in [2.24, 2.45) is 11.3 Å². The van der Waals surface area contributed by atoms with E-state index in [1.165, 1.54) is 12.8 Å². The summed E-state index contributed by atoms with van der Waals surface area (Å²) in [4.78, 5) is 0. The van der Waals surface area contributed by atoms with Gasteiger partial charge in [0.05, 0.1) is 0 Å². The molecule has 1 aliphatic rings. The fraction of sp³-hybridized carbons (Fsp3) is 1.00. The van der Waals surface area contributed by atoms with Gasteiger partial charge in [0.2, 0.25) is 0 Å². The summed E-state index contributed by atoms with van der Waals surface area (Å²) in [5, 5.41) is 4.34. The Hall–Kier alpha value is -0.0400. The molecular weight excluding hydrogens is 122 g/mol. The Morgan fingerprint density at radius 2 is 1.60 bits per heavy atom.